The van der Waals surface area contributed by atoms with Crippen LogP contribution in [0.4, 0.5) is 5.88 Å². The lowest BCUT2D eigenvalue weighted by molar-refractivity contribution is 0.424. The molecule has 1 aromatic carbocycles. The molecule has 98 valence electrons. The highest BCUT2D eigenvalue weighted by atomic mass is 16.5. The van der Waals surface area contributed by atoms with Crippen LogP contribution in [0.5, 0.6) is 0 Å². The van der Waals surface area contributed by atoms with Gasteiger partial charge in [0.25, 0.3) is 0 Å². The van der Waals surface area contributed by atoms with Gasteiger partial charge in [0.2, 0.25) is 5.88 Å². The molecule has 1 heterocycles. The molecule has 3 heteroatoms. The van der Waals surface area contributed by atoms with Gasteiger partial charge < -0.3 is 10.3 Å². The smallest absolute Gasteiger partial charge is 0.230 e. The summed E-state index contributed by atoms with van der Waals surface area (Å²) in [7, 11) is 0. The van der Waals surface area contributed by atoms with E-state index < -0.39 is 0 Å². The minimum atomic E-state index is 0.463. The number of hydrogen-bond donors (Lipinski definition) is 1. The van der Waals surface area contributed by atoms with Crippen LogP contribution < -0.4 is 5.73 Å². The molecule has 0 aliphatic heterocycles. The predicted molar refractivity (Wildman–Crippen MR) is 74.7 cm³/mol. The molecule has 2 aromatic rings. The quantitative estimate of drug-likeness (QED) is 0.888. The first kappa shape index (κ1) is 11.1. The van der Waals surface area contributed by atoms with E-state index in [-0.39, 0.29) is 0 Å². The summed E-state index contributed by atoms with van der Waals surface area (Å²) < 4.78 is 5.28. The lowest BCUT2D eigenvalue weighted by Crippen LogP contribution is -1.93. The fraction of sp³-hybridized carbons (Fsp3) is 0.438. The van der Waals surface area contributed by atoms with Crippen LogP contribution in [0.2, 0.25) is 0 Å². The maximum atomic E-state index is 6.01. The molecular weight excluding hydrogens is 236 g/mol. The van der Waals surface area contributed by atoms with Crippen LogP contribution in [0.25, 0.3) is 11.1 Å². The normalized spacial score (nSPS) is 28.4. The van der Waals surface area contributed by atoms with Gasteiger partial charge in [0.15, 0.2) is 0 Å². The second-order valence-corrected chi connectivity index (χ2v) is 5.96. The number of fused-ring (bicyclic) bond motifs is 1. The van der Waals surface area contributed by atoms with E-state index in [2.05, 4.69) is 36.3 Å². The zero-order chi connectivity index (χ0) is 13.0. The largest absolute Gasteiger partial charge is 0.367 e. The Bertz CT molecular complexity index is 621. The molecule has 1 aromatic heterocycles. The van der Waals surface area contributed by atoms with Gasteiger partial charge >= 0.3 is 0 Å². The van der Waals surface area contributed by atoms with Gasteiger partial charge in [0.05, 0.1) is 11.3 Å². The van der Waals surface area contributed by atoms with E-state index in [9.17, 15) is 0 Å². The number of nitrogen functional groups attached to an aromatic ring is 1. The number of nitrogens with zero attached hydrogens (tertiary/aromatic N) is 1. The second-order valence-electron chi connectivity index (χ2n) is 5.96. The molecule has 0 bridgehead atoms. The van der Waals surface area contributed by atoms with Gasteiger partial charge in [0.1, 0.15) is 0 Å². The molecule has 2 unspecified atom stereocenters. The third-order valence-corrected chi connectivity index (χ3v) is 4.77. The van der Waals surface area contributed by atoms with Gasteiger partial charge in [-0.15, -0.1) is 0 Å². The molecule has 2 aliphatic carbocycles. The van der Waals surface area contributed by atoms with E-state index in [0.717, 1.165) is 28.7 Å². The highest BCUT2D eigenvalue weighted by molar-refractivity contribution is 5.76. The number of benzene rings is 1. The molecule has 2 saturated carbocycles. The Kier molecular flexibility index (Phi) is 2.25. The van der Waals surface area contributed by atoms with Crippen LogP contribution in [-0.4, -0.2) is 5.16 Å². The number of rotatable bonds is 2. The van der Waals surface area contributed by atoms with E-state index in [1.165, 1.54) is 24.8 Å². The van der Waals surface area contributed by atoms with Crippen LogP contribution >= 0.6 is 0 Å². The van der Waals surface area contributed by atoms with Crippen molar-refractivity contribution in [2.45, 2.75) is 32.1 Å². The molecular formula is C16H18N2O. The maximum absolute atomic E-state index is 6.01. The van der Waals surface area contributed by atoms with Crippen molar-refractivity contribution >= 4 is 5.88 Å². The summed E-state index contributed by atoms with van der Waals surface area (Å²) in [6.45, 7) is 2.10. The molecule has 2 atom stereocenters. The maximum Gasteiger partial charge on any atom is 0.230 e. The fourth-order valence-electron chi connectivity index (χ4n) is 3.86. The minimum absolute atomic E-state index is 0.463. The second kappa shape index (κ2) is 3.86. The number of aromatic nitrogens is 1. The fourth-order valence-corrected chi connectivity index (χ4v) is 3.86. The van der Waals surface area contributed by atoms with Crippen LogP contribution in [0.3, 0.4) is 0 Å². The Morgan fingerprint density at radius 1 is 1.26 bits per heavy atom. The molecule has 3 nitrogen and oxygen atoms in total. The first-order valence-corrected chi connectivity index (χ1v) is 7.08. The van der Waals surface area contributed by atoms with Crippen LogP contribution in [0, 0.1) is 18.8 Å². The molecule has 0 amide bonds. The van der Waals surface area contributed by atoms with Crippen LogP contribution in [-0.2, 0) is 0 Å². The molecule has 2 fully saturated rings. The Morgan fingerprint density at radius 3 is 2.79 bits per heavy atom. The van der Waals surface area contributed by atoms with Crippen molar-refractivity contribution in [3.05, 3.63) is 35.5 Å². The Balaban J connectivity index is 1.78. The summed E-state index contributed by atoms with van der Waals surface area (Å²) in [4.78, 5) is 0. The summed E-state index contributed by atoms with van der Waals surface area (Å²) in [5.41, 5.74) is 10.5. The van der Waals surface area contributed by atoms with Crippen LogP contribution in [0.1, 0.15) is 36.4 Å². The van der Waals surface area contributed by atoms with Crippen molar-refractivity contribution in [3.63, 3.8) is 0 Å². The predicted octanol–water partition coefficient (Wildman–Crippen LogP) is 3.75. The minimum Gasteiger partial charge on any atom is -0.367 e. The average Bonchev–Trinajstić information content (AvgIpc) is 2.78. The average molecular weight is 254 g/mol. The summed E-state index contributed by atoms with van der Waals surface area (Å²) in [5, 5.41) is 4.27. The van der Waals surface area contributed by atoms with Crippen molar-refractivity contribution in [2.24, 2.45) is 11.8 Å². The summed E-state index contributed by atoms with van der Waals surface area (Å²) >= 11 is 0. The van der Waals surface area contributed by atoms with E-state index in [4.69, 9.17) is 10.3 Å². The van der Waals surface area contributed by atoms with Crippen molar-refractivity contribution in [2.75, 3.05) is 5.73 Å². The summed E-state index contributed by atoms with van der Waals surface area (Å²) in [5.74, 6) is 2.71. The molecule has 2 aliphatic rings. The molecule has 0 radical (unpaired) electrons. The first-order valence-electron chi connectivity index (χ1n) is 7.08. The zero-order valence-electron chi connectivity index (χ0n) is 11.1. The van der Waals surface area contributed by atoms with Gasteiger partial charge in [-0.2, -0.15) is 0 Å². The molecule has 0 saturated heterocycles. The third-order valence-electron chi connectivity index (χ3n) is 4.77. The van der Waals surface area contributed by atoms with E-state index in [0.29, 0.717) is 11.8 Å². The Hall–Kier alpha value is -1.77. The van der Waals surface area contributed by atoms with Gasteiger partial charge in [-0.05, 0) is 37.2 Å². The van der Waals surface area contributed by atoms with Crippen molar-refractivity contribution in [1.82, 2.24) is 5.16 Å². The summed E-state index contributed by atoms with van der Waals surface area (Å²) in [6, 6.07) is 8.41. The van der Waals surface area contributed by atoms with E-state index >= 15 is 0 Å². The van der Waals surface area contributed by atoms with Crippen molar-refractivity contribution < 1.29 is 4.52 Å². The monoisotopic (exact) mass is 254 g/mol. The SMILES string of the molecule is Cc1cccc(-c2c(C3C4CCCC43)noc2N)c1. The third kappa shape index (κ3) is 1.61. The van der Waals surface area contributed by atoms with Crippen molar-refractivity contribution in [3.8, 4) is 11.1 Å². The number of anilines is 1. The van der Waals surface area contributed by atoms with Gasteiger partial charge in [0, 0.05) is 5.92 Å². The number of aryl methyl sites for hydroxylation is 1. The Labute approximate surface area is 112 Å². The van der Waals surface area contributed by atoms with Crippen molar-refractivity contribution in [1.29, 1.82) is 0 Å². The van der Waals surface area contributed by atoms with Crippen LogP contribution in [0.15, 0.2) is 28.8 Å². The Morgan fingerprint density at radius 2 is 2.05 bits per heavy atom. The molecule has 4 rings (SSSR count). The first-order chi connectivity index (χ1) is 9.25. The highest BCUT2D eigenvalue weighted by Gasteiger charge is 2.55. The molecule has 2 N–H and O–H groups in total. The standard InChI is InChI=1S/C16H18N2O/c1-9-4-2-5-10(8-9)13-15(18-19-16(13)17)14-11-6-3-7-12(11)14/h2,4-5,8,11-12,14H,3,6-7,17H2,1H3. The van der Waals surface area contributed by atoms with Gasteiger partial charge in [-0.25, -0.2) is 0 Å². The topological polar surface area (TPSA) is 52.0 Å². The molecule has 19 heavy (non-hydrogen) atoms. The van der Waals surface area contributed by atoms with E-state index in [1.54, 1.807) is 0 Å². The van der Waals surface area contributed by atoms with E-state index in [1.807, 2.05) is 0 Å². The number of nitrogens with two attached hydrogens (primary N) is 1. The highest BCUT2D eigenvalue weighted by Crippen LogP contribution is 2.64. The lowest BCUT2D eigenvalue weighted by Gasteiger charge is -2.05. The number of hydrogen-bond acceptors (Lipinski definition) is 3. The summed E-state index contributed by atoms with van der Waals surface area (Å²) in [6.07, 6.45) is 4.06. The lowest BCUT2D eigenvalue weighted by atomic mass is 9.98. The van der Waals surface area contributed by atoms with Gasteiger partial charge in [-0.1, -0.05) is 41.4 Å². The molecule has 0 spiro atoms. The zero-order valence-corrected chi connectivity index (χ0v) is 11.1. The van der Waals surface area contributed by atoms with Gasteiger partial charge in [-0.3, -0.25) is 0 Å².